The molecule has 1 heterocycles. The topological polar surface area (TPSA) is 29.3 Å². The first kappa shape index (κ1) is 7.75. The molecule has 0 aromatic carbocycles. The Morgan fingerprint density at radius 3 is 3.00 bits per heavy atom. The predicted octanol–water partition coefficient (Wildman–Crippen LogP) is 1.15. The molecule has 54 valence electrons. The van der Waals surface area contributed by atoms with Gasteiger partial charge in [-0.3, -0.25) is 0 Å². The minimum Gasteiger partial charge on any atom is -0.327 e. The molecule has 0 aromatic rings. The number of halogens is 1. The van der Waals surface area contributed by atoms with Gasteiger partial charge in [-0.25, -0.2) is 3.11 Å². The minimum atomic E-state index is 0.421. The van der Waals surface area contributed by atoms with Crippen LogP contribution in [0.4, 0.5) is 0 Å². The van der Waals surface area contributed by atoms with Gasteiger partial charge in [-0.1, -0.05) is 6.42 Å². The first-order valence-electron chi connectivity index (χ1n) is 3.45. The Hall–Kier alpha value is 0.650. The monoisotopic (exact) mass is 240 g/mol. The third-order valence-electron chi connectivity index (χ3n) is 1.66. The van der Waals surface area contributed by atoms with E-state index in [0.29, 0.717) is 6.04 Å². The van der Waals surface area contributed by atoms with E-state index in [-0.39, 0.29) is 0 Å². The van der Waals surface area contributed by atoms with E-state index < -0.39 is 0 Å². The molecule has 0 radical (unpaired) electrons. The summed E-state index contributed by atoms with van der Waals surface area (Å²) in [6.45, 7) is 2.29. The fraction of sp³-hybridized carbons (Fsp3) is 1.00. The minimum absolute atomic E-state index is 0.421. The number of nitrogens with two attached hydrogens (primary N) is 1. The zero-order chi connectivity index (χ0) is 6.69. The van der Waals surface area contributed by atoms with Gasteiger partial charge in [0.25, 0.3) is 0 Å². The van der Waals surface area contributed by atoms with Gasteiger partial charge in [0.1, 0.15) is 0 Å². The summed E-state index contributed by atoms with van der Waals surface area (Å²) in [5.41, 5.74) is 5.78. The SMILES string of the molecule is N[C@@H]1CCCCN(I)C1. The summed E-state index contributed by atoms with van der Waals surface area (Å²) in [7, 11) is 0. The van der Waals surface area contributed by atoms with Crippen LogP contribution in [0.2, 0.25) is 0 Å². The maximum Gasteiger partial charge on any atom is 0.0233 e. The molecule has 0 bridgehead atoms. The molecule has 1 atom stereocenters. The normalized spacial score (nSPS) is 32.0. The van der Waals surface area contributed by atoms with Crippen LogP contribution in [0.25, 0.3) is 0 Å². The molecule has 0 unspecified atom stereocenters. The van der Waals surface area contributed by atoms with Crippen molar-refractivity contribution in [2.24, 2.45) is 5.73 Å². The summed E-state index contributed by atoms with van der Waals surface area (Å²) in [4.78, 5) is 0. The molecule has 1 fully saturated rings. The quantitative estimate of drug-likeness (QED) is 0.508. The third-order valence-corrected chi connectivity index (χ3v) is 2.53. The Balaban J connectivity index is 2.29. The van der Waals surface area contributed by atoms with Crippen molar-refractivity contribution in [1.82, 2.24) is 3.11 Å². The van der Waals surface area contributed by atoms with E-state index >= 15 is 0 Å². The fourth-order valence-electron chi connectivity index (χ4n) is 1.13. The maximum absolute atomic E-state index is 5.78. The second-order valence-corrected chi connectivity index (χ2v) is 3.99. The van der Waals surface area contributed by atoms with Gasteiger partial charge in [0.05, 0.1) is 0 Å². The molecule has 0 spiro atoms. The first-order valence-corrected chi connectivity index (χ1v) is 4.42. The highest BCUT2D eigenvalue weighted by atomic mass is 127. The fourth-order valence-corrected chi connectivity index (χ4v) is 1.97. The molecule has 1 aliphatic rings. The molecule has 0 aliphatic carbocycles. The standard InChI is InChI=1S/C6H13IN2/c7-9-4-2-1-3-6(8)5-9/h6H,1-5,8H2/t6-/m1/s1. The van der Waals surface area contributed by atoms with Crippen LogP contribution in [0.3, 0.4) is 0 Å². The number of hydrogen-bond acceptors (Lipinski definition) is 2. The lowest BCUT2D eigenvalue weighted by Gasteiger charge is -2.12. The average Bonchev–Trinajstić information content (AvgIpc) is 1.93. The van der Waals surface area contributed by atoms with E-state index in [1.807, 2.05) is 0 Å². The molecule has 9 heavy (non-hydrogen) atoms. The van der Waals surface area contributed by atoms with Crippen molar-refractivity contribution in [2.75, 3.05) is 13.1 Å². The lowest BCUT2D eigenvalue weighted by molar-refractivity contribution is 0.492. The molecule has 0 saturated carbocycles. The van der Waals surface area contributed by atoms with E-state index in [1.165, 1.54) is 25.8 Å². The highest BCUT2D eigenvalue weighted by Gasteiger charge is 2.11. The summed E-state index contributed by atoms with van der Waals surface area (Å²) in [5, 5.41) is 0. The van der Waals surface area contributed by atoms with Gasteiger partial charge in [-0.05, 0) is 12.8 Å². The van der Waals surface area contributed by atoms with E-state index in [0.717, 1.165) is 6.54 Å². The molecule has 1 aliphatic heterocycles. The smallest absolute Gasteiger partial charge is 0.0233 e. The van der Waals surface area contributed by atoms with Crippen LogP contribution in [0, 0.1) is 0 Å². The zero-order valence-electron chi connectivity index (χ0n) is 5.52. The van der Waals surface area contributed by atoms with Crippen molar-refractivity contribution in [3.8, 4) is 0 Å². The summed E-state index contributed by atoms with van der Waals surface area (Å²) < 4.78 is 2.29. The van der Waals surface area contributed by atoms with Gasteiger partial charge in [0.15, 0.2) is 0 Å². The maximum atomic E-state index is 5.78. The Morgan fingerprint density at radius 2 is 2.22 bits per heavy atom. The van der Waals surface area contributed by atoms with Crippen molar-refractivity contribution in [3.05, 3.63) is 0 Å². The van der Waals surface area contributed by atoms with Gasteiger partial charge >= 0.3 is 0 Å². The van der Waals surface area contributed by atoms with E-state index in [4.69, 9.17) is 5.73 Å². The Bertz CT molecular complexity index is 77.1. The van der Waals surface area contributed by atoms with Crippen LogP contribution in [0.15, 0.2) is 0 Å². The lowest BCUT2D eigenvalue weighted by Crippen LogP contribution is -2.29. The molecular weight excluding hydrogens is 227 g/mol. The Kier molecular flexibility index (Phi) is 3.21. The predicted molar refractivity (Wildman–Crippen MR) is 47.4 cm³/mol. The first-order chi connectivity index (χ1) is 4.29. The Morgan fingerprint density at radius 1 is 1.44 bits per heavy atom. The van der Waals surface area contributed by atoms with Crippen LogP contribution in [0.1, 0.15) is 19.3 Å². The van der Waals surface area contributed by atoms with E-state index in [9.17, 15) is 0 Å². The molecule has 1 saturated heterocycles. The molecule has 2 nitrogen and oxygen atoms in total. The van der Waals surface area contributed by atoms with Crippen molar-refractivity contribution in [2.45, 2.75) is 25.3 Å². The third kappa shape index (κ3) is 2.82. The number of rotatable bonds is 0. The van der Waals surface area contributed by atoms with Crippen LogP contribution in [-0.4, -0.2) is 22.2 Å². The molecule has 1 rings (SSSR count). The Labute approximate surface area is 70.3 Å². The second-order valence-electron chi connectivity index (χ2n) is 2.62. The molecule has 3 heteroatoms. The van der Waals surface area contributed by atoms with Crippen molar-refractivity contribution < 1.29 is 0 Å². The van der Waals surface area contributed by atoms with Gasteiger partial charge < -0.3 is 5.73 Å². The van der Waals surface area contributed by atoms with Crippen molar-refractivity contribution in [3.63, 3.8) is 0 Å². The van der Waals surface area contributed by atoms with E-state index in [2.05, 4.69) is 26.0 Å². The molecule has 0 amide bonds. The van der Waals surface area contributed by atoms with Crippen LogP contribution >= 0.6 is 22.9 Å². The molecule has 2 N–H and O–H groups in total. The van der Waals surface area contributed by atoms with E-state index in [1.54, 1.807) is 0 Å². The van der Waals surface area contributed by atoms with Crippen LogP contribution < -0.4 is 5.73 Å². The highest BCUT2D eigenvalue weighted by molar-refractivity contribution is 14.1. The number of hydrogen-bond donors (Lipinski definition) is 1. The summed E-state index contributed by atoms with van der Waals surface area (Å²) in [5.74, 6) is 0. The van der Waals surface area contributed by atoms with Gasteiger partial charge in [-0.15, -0.1) is 0 Å². The van der Waals surface area contributed by atoms with Gasteiger partial charge in [0, 0.05) is 42.0 Å². The summed E-state index contributed by atoms with van der Waals surface area (Å²) in [6.07, 6.45) is 3.83. The second kappa shape index (κ2) is 3.73. The van der Waals surface area contributed by atoms with Gasteiger partial charge in [0.2, 0.25) is 0 Å². The number of nitrogens with zero attached hydrogens (tertiary/aromatic N) is 1. The van der Waals surface area contributed by atoms with Crippen molar-refractivity contribution >= 4 is 22.9 Å². The summed E-state index contributed by atoms with van der Waals surface area (Å²) in [6, 6.07) is 0.421. The van der Waals surface area contributed by atoms with Gasteiger partial charge in [-0.2, -0.15) is 0 Å². The molecular formula is C6H13IN2. The van der Waals surface area contributed by atoms with Crippen LogP contribution in [0.5, 0.6) is 0 Å². The average molecular weight is 240 g/mol. The van der Waals surface area contributed by atoms with Crippen LogP contribution in [-0.2, 0) is 0 Å². The summed E-state index contributed by atoms with van der Waals surface area (Å²) >= 11 is 2.35. The molecule has 0 aromatic heterocycles. The largest absolute Gasteiger partial charge is 0.327 e. The van der Waals surface area contributed by atoms with Crippen molar-refractivity contribution in [1.29, 1.82) is 0 Å². The lowest BCUT2D eigenvalue weighted by atomic mass is 10.2. The zero-order valence-corrected chi connectivity index (χ0v) is 7.67. The highest BCUT2D eigenvalue weighted by Crippen LogP contribution is 2.11.